The van der Waals surface area contributed by atoms with E-state index in [1.54, 1.807) is 21.1 Å². The fourth-order valence-electron chi connectivity index (χ4n) is 9.82. The number of benzene rings is 1. The van der Waals surface area contributed by atoms with Gasteiger partial charge >= 0.3 is 0 Å². The minimum Gasteiger partial charge on any atom is -0.493 e. The number of piperazine rings is 1. The molecule has 0 radical (unpaired) electrons. The zero-order valence-corrected chi connectivity index (χ0v) is 38.7. The fraction of sp³-hybridized carbons (Fsp3) is 0.840. The van der Waals surface area contributed by atoms with Gasteiger partial charge in [0.1, 0.15) is 5.78 Å². The predicted octanol–water partition coefficient (Wildman–Crippen LogP) is 8.94. The molecule has 3 aliphatic rings. The highest BCUT2D eigenvalue weighted by molar-refractivity contribution is 5.85. The number of amides is 1. The van der Waals surface area contributed by atoms with Crippen LogP contribution in [0.2, 0.25) is 0 Å². The van der Waals surface area contributed by atoms with Gasteiger partial charge in [0, 0.05) is 45.1 Å². The van der Waals surface area contributed by atoms with Crippen LogP contribution in [0.1, 0.15) is 180 Å². The number of hydrogen-bond donors (Lipinski definition) is 3. The smallest absolute Gasteiger partial charge is 0.226 e. The summed E-state index contributed by atoms with van der Waals surface area (Å²) in [5, 5.41) is 31.9. The molecule has 0 spiro atoms. The Kier molecular flexibility index (Phi) is 24.6. The number of Topliss-reactive ketones (excluding diaryl/α,β-unsaturated/α-hetero) is 1. The lowest BCUT2D eigenvalue weighted by Crippen LogP contribution is -2.50. The lowest BCUT2D eigenvalue weighted by atomic mass is 9.93. The van der Waals surface area contributed by atoms with Crippen LogP contribution < -0.4 is 9.47 Å². The molecule has 11 heteroatoms. The zero-order chi connectivity index (χ0) is 43.8. The molecule has 1 unspecified atom stereocenters. The van der Waals surface area contributed by atoms with Crippen LogP contribution in [0.25, 0.3) is 0 Å². The Balaban J connectivity index is 0.976. The summed E-state index contributed by atoms with van der Waals surface area (Å²) in [5.74, 6) is 1.47. The minimum atomic E-state index is -0.496. The maximum absolute atomic E-state index is 13.5. The molecule has 8 atom stereocenters. The number of hydrogen-bond acceptors (Lipinski definition) is 10. The predicted molar refractivity (Wildman–Crippen MR) is 242 cm³/mol. The lowest BCUT2D eigenvalue weighted by molar-refractivity contribution is -0.139. The van der Waals surface area contributed by atoms with Gasteiger partial charge in [-0.1, -0.05) is 103 Å². The van der Waals surface area contributed by atoms with Crippen LogP contribution in [0.5, 0.6) is 11.5 Å². The number of unbranched alkanes of at least 4 members (excludes halogenated alkanes) is 12. The van der Waals surface area contributed by atoms with Crippen molar-refractivity contribution < 1.29 is 43.9 Å². The third-order valence-electron chi connectivity index (χ3n) is 13.6. The maximum Gasteiger partial charge on any atom is 0.226 e. The zero-order valence-electron chi connectivity index (χ0n) is 38.7. The number of aliphatic hydroxyl groups is 3. The first-order valence-electron chi connectivity index (χ1n) is 24.7. The molecule has 3 fully saturated rings. The van der Waals surface area contributed by atoms with Crippen LogP contribution >= 0.6 is 0 Å². The maximum atomic E-state index is 13.5. The second-order valence-electron chi connectivity index (χ2n) is 18.7. The Morgan fingerprint density at radius 1 is 0.656 bits per heavy atom. The first kappa shape index (κ1) is 51.4. The second-order valence-corrected chi connectivity index (χ2v) is 18.7. The van der Waals surface area contributed by atoms with E-state index in [1.807, 2.05) is 17.0 Å². The lowest BCUT2D eigenvalue weighted by Gasteiger charge is -2.36. The average Bonchev–Trinajstić information content (AvgIpc) is 3.96. The molecule has 0 aliphatic carbocycles. The van der Waals surface area contributed by atoms with Crippen LogP contribution in [0.15, 0.2) is 18.2 Å². The molecule has 3 heterocycles. The van der Waals surface area contributed by atoms with E-state index in [9.17, 15) is 24.9 Å². The van der Waals surface area contributed by atoms with E-state index < -0.39 is 12.2 Å². The first-order valence-corrected chi connectivity index (χ1v) is 24.7. The van der Waals surface area contributed by atoms with E-state index in [1.165, 1.54) is 57.8 Å². The number of ketones is 1. The third-order valence-corrected chi connectivity index (χ3v) is 13.6. The summed E-state index contributed by atoms with van der Waals surface area (Å²) in [7, 11) is 3.29. The van der Waals surface area contributed by atoms with Crippen molar-refractivity contribution in [3.8, 4) is 11.5 Å². The van der Waals surface area contributed by atoms with E-state index >= 15 is 0 Å². The summed E-state index contributed by atoms with van der Waals surface area (Å²) < 4.78 is 23.4. The van der Waals surface area contributed by atoms with Crippen molar-refractivity contribution in [2.45, 2.75) is 224 Å². The van der Waals surface area contributed by atoms with Gasteiger partial charge in [-0.25, -0.2) is 0 Å². The molecule has 61 heavy (non-hydrogen) atoms. The van der Waals surface area contributed by atoms with Crippen molar-refractivity contribution in [2.24, 2.45) is 5.92 Å². The average molecular weight is 859 g/mol. The topological polar surface area (TPSA) is 138 Å². The van der Waals surface area contributed by atoms with E-state index in [0.717, 1.165) is 127 Å². The molecule has 0 saturated carbocycles. The monoisotopic (exact) mass is 859 g/mol. The number of carbonyl (C=O) groups excluding carboxylic acids is 2. The molecule has 3 N–H and O–H groups in total. The Hall–Kier alpha value is -2.28. The molecule has 1 aromatic rings. The van der Waals surface area contributed by atoms with Crippen molar-refractivity contribution in [3.63, 3.8) is 0 Å². The van der Waals surface area contributed by atoms with Crippen LogP contribution in [0.3, 0.4) is 0 Å². The van der Waals surface area contributed by atoms with Crippen molar-refractivity contribution >= 4 is 11.7 Å². The summed E-state index contributed by atoms with van der Waals surface area (Å²) in [4.78, 5) is 30.0. The van der Waals surface area contributed by atoms with Gasteiger partial charge in [0.15, 0.2) is 11.5 Å². The molecule has 4 rings (SSSR count). The molecule has 1 aromatic carbocycles. The number of aliphatic hydroxyl groups excluding tert-OH is 3. The van der Waals surface area contributed by atoms with Gasteiger partial charge in [-0.15, -0.1) is 0 Å². The number of ether oxygens (including phenoxy) is 4. The molecular weight excluding hydrogens is 773 g/mol. The number of nitrogens with zero attached hydrogens (tertiary/aromatic N) is 2. The molecule has 0 aromatic heterocycles. The standard InChI is InChI=1S/C50H86N2O9/c1-5-6-7-17-21-41(54)22-19-24-43(56)45-28-30-48(61-45)47-29-27-44(60-47)42(55)23-18-15-13-11-9-8-10-12-14-16-20-40(35-38(2)53)50(57)52-33-31-51(32-34-52)37-39-25-26-46(58-3)49(36-39)59-4/h25-26,36,40-45,47-48,54-56H,5-24,27-35,37H2,1-4H3/t40?,41-,42+,43-,44+,45+,47+,48+/m0/s1. The quantitative estimate of drug-likeness (QED) is 0.0603. The second kappa shape index (κ2) is 29.2. The molecule has 350 valence electrons. The van der Waals surface area contributed by atoms with Crippen molar-refractivity contribution in [3.05, 3.63) is 23.8 Å². The fourth-order valence-corrected chi connectivity index (χ4v) is 9.82. The highest BCUT2D eigenvalue weighted by Crippen LogP contribution is 2.35. The van der Waals surface area contributed by atoms with Crippen molar-refractivity contribution in [1.29, 1.82) is 0 Å². The largest absolute Gasteiger partial charge is 0.493 e. The number of carbonyl (C=O) groups is 2. The van der Waals surface area contributed by atoms with E-state index in [4.69, 9.17) is 18.9 Å². The third kappa shape index (κ3) is 18.8. The van der Waals surface area contributed by atoms with E-state index in [2.05, 4.69) is 17.9 Å². The molecular formula is C50H86N2O9. The molecule has 3 saturated heterocycles. The van der Waals surface area contributed by atoms with Gasteiger partial charge in [0.05, 0.1) is 56.9 Å². The van der Waals surface area contributed by atoms with Gasteiger partial charge in [-0.2, -0.15) is 0 Å². The van der Waals surface area contributed by atoms with Gasteiger partial charge in [-0.3, -0.25) is 9.69 Å². The summed E-state index contributed by atoms with van der Waals surface area (Å²) >= 11 is 0. The van der Waals surface area contributed by atoms with Gasteiger partial charge in [-0.05, 0) is 88.8 Å². The minimum absolute atomic E-state index is 0.00126. The number of methoxy groups -OCH3 is 2. The normalized spacial score (nSPS) is 22.9. The number of rotatable bonds is 32. The Labute approximate surface area is 369 Å². The van der Waals surface area contributed by atoms with Crippen LogP contribution in [0, 0.1) is 5.92 Å². The van der Waals surface area contributed by atoms with Gasteiger partial charge in [0.2, 0.25) is 5.91 Å². The van der Waals surface area contributed by atoms with Crippen LogP contribution in [0.4, 0.5) is 0 Å². The van der Waals surface area contributed by atoms with Gasteiger partial charge < -0.3 is 44.0 Å². The van der Waals surface area contributed by atoms with Crippen molar-refractivity contribution in [2.75, 3.05) is 40.4 Å². The Morgan fingerprint density at radius 2 is 1.16 bits per heavy atom. The summed E-state index contributed by atoms with van der Waals surface area (Å²) in [6.07, 6.45) is 23.2. The van der Waals surface area contributed by atoms with E-state index in [0.29, 0.717) is 25.9 Å². The Bertz CT molecular complexity index is 1360. The van der Waals surface area contributed by atoms with Crippen LogP contribution in [-0.4, -0.2) is 120 Å². The molecule has 3 aliphatic heterocycles. The van der Waals surface area contributed by atoms with E-state index in [-0.39, 0.29) is 48.1 Å². The van der Waals surface area contributed by atoms with Crippen LogP contribution in [-0.2, 0) is 25.6 Å². The first-order chi connectivity index (χ1) is 29.6. The van der Waals surface area contributed by atoms with Gasteiger partial charge in [0.25, 0.3) is 0 Å². The Morgan fingerprint density at radius 3 is 1.72 bits per heavy atom. The summed E-state index contributed by atoms with van der Waals surface area (Å²) in [6, 6.07) is 6.01. The molecule has 11 nitrogen and oxygen atoms in total. The summed E-state index contributed by atoms with van der Waals surface area (Å²) in [6.45, 7) is 7.59. The van der Waals surface area contributed by atoms with Crippen molar-refractivity contribution in [1.82, 2.24) is 9.80 Å². The molecule has 1 amide bonds. The highest BCUT2D eigenvalue weighted by Gasteiger charge is 2.40. The highest BCUT2D eigenvalue weighted by atomic mass is 16.6. The molecule has 0 bridgehead atoms. The summed E-state index contributed by atoms with van der Waals surface area (Å²) in [5.41, 5.74) is 1.15. The SMILES string of the molecule is CCCCCC[C@H](O)CCC[C@H](O)[C@H]1CC[C@H]([C@H]2CC[C@H]([C@H](O)CCCCCCCCCCCCC(CC(C)=O)C(=O)N3CCN(Cc4ccc(OC)c(OC)c4)CC3)O2)O1.